The Morgan fingerprint density at radius 1 is 1.53 bits per heavy atom. The Morgan fingerprint density at radius 3 is 2.82 bits per heavy atom. The Balaban J connectivity index is 2.01. The minimum Gasteiger partial charge on any atom is -0.507 e. The maximum atomic E-state index is 13.4. The van der Waals surface area contributed by atoms with Crippen LogP contribution in [0.3, 0.4) is 0 Å². The normalized spacial score (nSPS) is 22.9. The highest BCUT2D eigenvalue weighted by Crippen LogP contribution is 2.25. The third-order valence-electron chi connectivity index (χ3n) is 2.98. The van der Waals surface area contributed by atoms with Crippen LogP contribution in [-0.2, 0) is 4.74 Å². The van der Waals surface area contributed by atoms with Crippen LogP contribution < -0.4 is 5.32 Å². The summed E-state index contributed by atoms with van der Waals surface area (Å²) in [5.74, 6) is -1.64. The maximum absolute atomic E-state index is 13.4. The molecule has 4 nitrogen and oxygen atoms in total. The van der Waals surface area contributed by atoms with Gasteiger partial charge in [0.1, 0.15) is 17.1 Å². The van der Waals surface area contributed by atoms with Crippen molar-refractivity contribution in [3.8, 4) is 5.75 Å². The van der Waals surface area contributed by atoms with Gasteiger partial charge in [-0.2, -0.15) is 0 Å². The van der Waals surface area contributed by atoms with E-state index in [1.165, 1.54) is 12.1 Å². The zero-order valence-electron chi connectivity index (χ0n) is 9.44. The van der Waals surface area contributed by atoms with Gasteiger partial charge in [-0.3, -0.25) is 4.79 Å². The third kappa shape index (κ3) is 2.39. The largest absolute Gasteiger partial charge is 0.507 e. The minimum absolute atomic E-state index is 0.00791. The van der Waals surface area contributed by atoms with Crippen molar-refractivity contribution in [2.45, 2.75) is 25.0 Å². The fourth-order valence-electron chi connectivity index (χ4n) is 1.87. The number of aromatic hydroxyl groups is 1. The van der Waals surface area contributed by atoms with Gasteiger partial charge in [0.15, 0.2) is 0 Å². The maximum Gasteiger partial charge on any atom is 0.258 e. The van der Waals surface area contributed by atoms with Crippen molar-refractivity contribution in [3.05, 3.63) is 29.6 Å². The Hall–Kier alpha value is -1.62. The SMILES string of the molecule is COC1CC(NC(=O)c2c(O)cccc2F)C1. The zero-order valence-corrected chi connectivity index (χ0v) is 9.44. The number of nitrogens with one attached hydrogen (secondary N) is 1. The molecular formula is C12H14FNO3. The molecule has 1 aromatic carbocycles. The summed E-state index contributed by atoms with van der Waals surface area (Å²) in [6.07, 6.45) is 1.60. The van der Waals surface area contributed by atoms with Crippen molar-refractivity contribution < 1.29 is 19.0 Å². The van der Waals surface area contributed by atoms with Gasteiger partial charge in [-0.25, -0.2) is 4.39 Å². The lowest BCUT2D eigenvalue weighted by molar-refractivity contribution is 0.0175. The van der Waals surface area contributed by atoms with E-state index in [1.807, 2.05) is 0 Å². The lowest BCUT2D eigenvalue weighted by atomic mass is 9.89. The molecule has 0 aromatic heterocycles. The van der Waals surface area contributed by atoms with Gasteiger partial charge in [0.05, 0.1) is 6.10 Å². The van der Waals surface area contributed by atoms with E-state index in [0.29, 0.717) is 0 Å². The van der Waals surface area contributed by atoms with Crippen molar-refractivity contribution in [1.29, 1.82) is 0 Å². The molecule has 2 N–H and O–H groups in total. The van der Waals surface area contributed by atoms with Crippen LogP contribution in [-0.4, -0.2) is 30.3 Å². The van der Waals surface area contributed by atoms with Gasteiger partial charge in [-0.1, -0.05) is 6.07 Å². The second-order valence-corrected chi connectivity index (χ2v) is 4.13. The van der Waals surface area contributed by atoms with Gasteiger partial charge < -0.3 is 15.2 Å². The number of rotatable bonds is 3. The number of phenolic OH excluding ortho intramolecular Hbond substituents is 1. The van der Waals surface area contributed by atoms with E-state index in [2.05, 4.69) is 5.32 Å². The fraction of sp³-hybridized carbons (Fsp3) is 0.417. The van der Waals surface area contributed by atoms with E-state index >= 15 is 0 Å². The number of hydrogen-bond acceptors (Lipinski definition) is 3. The highest BCUT2D eigenvalue weighted by molar-refractivity contribution is 5.97. The monoisotopic (exact) mass is 239 g/mol. The number of methoxy groups -OCH3 is 1. The molecule has 1 amide bonds. The van der Waals surface area contributed by atoms with E-state index < -0.39 is 11.7 Å². The molecule has 1 saturated carbocycles. The summed E-state index contributed by atoms with van der Waals surface area (Å²) in [6.45, 7) is 0. The smallest absolute Gasteiger partial charge is 0.258 e. The topological polar surface area (TPSA) is 58.6 Å². The molecule has 1 aliphatic rings. The Labute approximate surface area is 98.4 Å². The summed E-state index contributed by atoms with van der Waals surface area (Å²) < 4.78 is 18.4. The molecule has 1 aromatic rings. The number of hydrogen-bond donors (Lipinski definition) is 2. The number of amides is 1. The van der Waals surface area contributed by atoms with Crippen LogP contribution in [0.2, 0.25) is 0 Å². The molecule has 1 aliphatic carbocycles. The van der Waals surface area contributed by atoms with E-state index in [9.17, 15) is 14.3 Å². The van der Waals surface area contributed by atoms with E-state index in [0.717, 1.165) is 18.9 Å². The summed E-state index contributed by atoms with van der Waals surface area (Å²) in [4.78, 5) is 11.7. The van der Waals surface area contributed by atoms with E-state index in [1.54, 1.807) is 7.11 Å². The van der Waals surface area contributed by atoms with Crippen molar-refractivity contribution in [2.75, 3.05) is 7.11 Å². The van der Waals surface area contributed by atoms with Crippen molar-refractivity contribution in [3.63, 3.8) is 0 Å². The number of phenols is 1. The minimum atomic E-state index is -0.717. The van der Waals surface area contributed by atoms with Gasteiger partial charge in [0.2, 0.25) is 0 Å². The summed E-state index contributed by atoms with van der Waals surface area (Å²) in [5, 5.41) is 12.1. The Kier molecular flexibility index (Phi) is 3.28. The number of carbonyl (C=O) groups is 1. The standard InChI is InChI=1S/C12H14FNO3/c1-17-8-5-7(6-8)14-12(16)11-9(13)3-2-4-10(11)15/h2-4,7-8,15H,5-6H2,1H3,(H,14,16). The second kappa shape index (κ2) is 4.71. The zero-order chi connectivity index (χ0) is 12.4. The molecule has 0 aliphatic heterocycles. The predicted molar refractivity (Wildman–Crippen MR) is 59.4 cm³/mol. The molecule has 0 unspecified atom stereocenters. The molecule has 0 saturated heterocycles. The third-order valence-corrected chi connectivity index (χ3v) is 2.98. The molecule has 17 heavy (non-hydrogen) atoms. The quantitative estimate of drug-likeness (QED) is 0.839. The molecular weight excluding hydrogens is 225 g/mol. The Morgan fingerprint density at radius 2 is 2.24 bits per heavy atom. The Bertz CT molecular complexity index is 410. The first-order valence-electron chi connectivity index (χ1n) is 5.43. The molecule has 0 heterocycles. The van der Waals surface area contributed by atoms with Crippen molar-refractivity contribution in [1.82, 2.24) is 5.32 Å². The van der Waals surface area contributed by atoms with Crippen LogP contribution in [0.25, 0.3) is 0 Å². The molecule has 92 valence electrons. The second-order valence-electron chi connectivity index (χ2n) is 4.13. The molecule has 0 atom stereocenters. The van der Waals surface area contributed by atoms with E-state index in [4.69, 9.17) is 4.74 Å². The number of ether oxygens (including phenoxy) is 1. The van der Waals surface area contributed by atoms with Crippen LogP contribution in [0.5, 0.6) is 5.75 Å². The van der Waals surface area contributed by atoms with Crippen molar-refractivity contribution >= 4 is 5.91 Å². The van der Waals surface area contributed by atoms with Gasteiger partial charge in [-0.15, -0.1) is 0 Å². The highest BCUT2D eigenvalue weighted by Gasteiger charge is 2.31. The lowest BCUT2D eigenvalue weighted by Gasteiger charge is -2.34. The number of benzene rings is 1. The first-order valence-corrected chi connectivity index (χ1v) is 5.43. The molecule has 0 spiro atoms. The first-order chi connectivity index (χ1) is 8.11. The van der Waals surface area contributed by atoms with E-state index in [-0.39, 0.29) is 23.5 Å². The first kappa shape index (κ1) is 11.9. The molecule has 5 heteroatoms. The average Bonchev–Trinajstić information content (AvgIpc) is 2.22. The fourth-order valence-corrected chi connectivity index (χ4v) is 1.87. The molecule has 1 fully saturated rings. The van der Waals surface area contributed by atoms with Crippen LogP contribution in [0.1, 0.15) is 23.2 Å². The molecule has 0 radical (unpaired) electrons. The predicted octanol–water partition coefficient (Wildman–Crippen LogP) is 1.44. The molecule has 0 bridgehead atoms. The van der Waals surface area contributed by atoms with Crippen LogP contribution in [0.4, 0.5) is 4.39 Å². The van der Waals surface area contributed by atoms with Crippen LogP contribution in [0.15, 0.2) is 18.2 Å². The number of carbonyl (C=O) groups excluding carboxylic acids is 1. The van der Waals surface area contributed by atoms with Gasteiger partial charge in [-0.05, 0) is 25.0 Å². The summed E-state index contributed by atoms with van der Waals surface area (Å²) in [6, 6.07) is 3.78. The van der Waals surface area contributed by atoms with Crippen molar-refractivity contribution in [2.24, 2.45) is 0 Å². The summed E-state index contributed by atoms with van der Waals surface area (Å²) >= 11 is 0. The van der Waals surface area contributed by atoms with Crippen LogP contribution >= 0.6 is 0 Å². The van der Waals surface area contributed by atoms with Gasteiger partial charge in [0.25, 0.3) is 5.91 Å². The highest BCUT2D eigenvalue weighted by atomic mass is 19.1. The lowest BCUT2D eigenvalue weighted by Crippen LogP contribution is -2.47. The summed E-state index contributed by atoms with van der Waals surface area (Å²) in [7, 11) is 1.62. The average molecular weight is 239 g/mol. The van der Waals surface area contributed by atoms with Crippen LogP contribution in [0, 0.1) is 5.82 Å². The number of halogens is 1. The van der Waals surface area contributed by atoms with Gasteiger partial charge >= 0.3 is 0 Å². The molecule has 2 rings (SSSR count). The summed E-state index contributed by atoms with van der Waals surface area (Å²) in [5.41, 5.74) is -0.298. The van der Waals surface area contributed by atoms with Gasteiger partial charge in [0, 0.05) is 13.2 Å².